The summed E-state index contributed by atoms with van der Waals surface area (Å²) < 4.78 is 4.98. The topological polar surface area (TPSA) is 120 Å². The third-order valence-electron chi connectivity index (χ3n) is 1.94. The Kier molecular flexibility index (Phi) is 3.83. The quantitative estimate of drug-likeness (QED) is 0.251. The molecule has 0 aromatic heterocycles. The number of hydrazone groups is 1. The smallest absolute Gasteiger partial charge is 0.311 e. The van der Waals surface area contributed by atoms with Gasteiger partial charge in [-0.2, -0.15) is 0 Å². The number of hydrogen-bond acceptors (Lipinski definition) is 6. The van der Waals surface area contributed by atoms with E-state index < -0.39 is 4.92 Å². The van der Waals surface area contributed by atoms with Gasteiger partial charge in [-0.3, -0.25) is 10.1 Å². The van der Waals surface area contributed by atoms with Crippen LogP contribution in [0.5, 0.6) is 5.75 Å². The minimum absolute atomic E-state index is 0.0375. The van der Waals surface area contributed by atoms with Crippen molar-refractivity contribution in [2.75, 3.05) is 14.2 Å². The van der Waals surface area contributed by atoms with Gasteiger partial charge in [-0.05, 0) is 6.07 Å². The maximum Gasteiger partial charge on any atom is 0.311 e. The predicted molar refractivity (Wildman–Crippen MR) is 62.3 cm³/mol. The Morgan fingerprint density at radius 2 is 2.24 bits per heavy atom. The summed E-state index contributed by atoms with van der Waals surface area (Å²) in [6.45, 7) is 0. The van der Waals surface area contributed by atoms with Crippen LogP contribution in [-0.4, -0.2) is 30.0 Å². The van der Waals surface area contributed by atoms with Crippen molar-refractivity contribution >= 4 is 11.5 Å². The first-order valence-corrected chi connectivity index (χ1v) is 4.61. The maximum absolute atomic E-state index is 10.8. The average molecular weight is 239 g/mol. The van der Waals surface area contributed by atoms with E-state index in [4.69, 9.17) is 16.3 Å². The predicted octanol–water partition coefficient (Wildman–Crippen LogP) is 0.0292. The molecule has 92 valence electrons. The highest BCUT2D eigenvalue weighted by molar-refractivity contribution is 6.00. The van der Waals surface area contributed by atoms with Crippen LogP contribution in [0, 0.1) is 10.1 Å². The SMILES string of the molecule is COc1c(/C(N)=N/N(C)N)cccc1[N+](=O)[O-]. The number of hydrazine groups is 1. The Hall–Kier alpha value is -2.35. The molecule has 0 aliphatic rings. The second kappa shape index (κ2) is 5.12. The van der Waals surface area contributed by atoms with E-state index in [1.165, 1.54) is 26.3 Å². The fraction of sp³-hybridized carbons (Fsp3) is 0.222. The molecule has 0 unspecified atom stereocenters. The number of nitro groups is 1. The van der Waals surface area contributed by atoms with Crippen molar-refractivity contribution in [3.05, 3.63) is 33.9 Å². The third-order valence-corrected chi connectivity index (χ3v) is 1.94. The molecular formula is C9H13N5O3. The van der Waals surface area contributed by atoms with Crippen LogP contribution < -0.4 is 16.3 Å². The monoisotopic (exact) mass is 239 g/mol. The molecule has 0 saturated heterocycles. The van der Waals surface area contributed by atoms with Crippen molar-refractivity contribution in [1.29, 1.82) is 0 Å². The largest absolute Gasteiger partial charge is 0.490 e. The van der Waals surface area contributed by atoms with Gasteiger partial charge < -0.3 is 10.5 Å². The molecule has 0 fully saturated rings. The van der Waals surface area contributed by atoms with E-state index in [0.717, 1.165) is 5.12 Å². The summed E-state index contributed by atoms with van der Waals surface area (Å²) in [6.07, 6.45) is 0. The number of methoxy groups -OCH3 is 1. The fourth-order valence-corrected chi connectivity index (χ4v) is 1.31. The maximum atomic E-state index is 10.8. The van der Waals surface area contributed by atoms with Crippen molar-refractivity contribution in [3.63, 3.8) is 0 Å². The zero-order valence-corrected chi connectivity index (χ0v) is 9.45. The molecule has 1 aromatic carbocycles. The number of ether oxygens (including phenoxy) is 1. The minimum Gasteiger partial charge on any atom is -0.490 e. The Balaban J connectivity index is 3.34. The first-order chi connectivity index (χ1) is 7.97. The molecule has 0 saturated carbocycles. The molecule has 1 rings (SSSR count). The van der Waals surface area contributed by atoms with Crippen LogP contribution in [0.15, 0.2) is 23.3 Å². The minimum atomic E-state index is -0.554. The van der Waals surface area contributed by atoms with Gasteiger partial charge in [-0.1, -0.05) is 6.07 Å². The lowest BCUT2D eigenvalue weighted by Crippen LogP contribution is -2.26. The number of hydrogen-bond donors (Lipinski definition) is 2. The van der Waals surface area contributed by atoms with Crippen molar-refractivity contribution in [2.24, 2.45) is 16.7 Å². The van der Waals surface area contributed by atoms with Crippen LogP contribution in [0.25, 0.3) is 0 Å². The summed E-state index contributed by atoms with van der Waals surface area (Å²) in [5.41, 5.74) is 5.81. The molecule has 4 N–H and O–H groups in total. The summed E-state index contributed by atoms with van der Waals surface area (Å²) >= 11 is 0. The van der Waals surface area contributed by atoms with Crippen molar-refractivity contribution in [2.45, 2.75) is 0 Å². The Bertz CT molecular complexity index is 458. The molecule has 8 nitrogen and oxygen atoms in total. The van der Waals surface area contributed by atoms with Crippen LogP contribution in [0.2, 0.25) is 0 Å². The van der Waals surface area contributed by atoms with Crippen molar-refractivity contribution < 1.29 is 9.66 Å². The van der Waals surface area contributed by atoms with E-state index >= 15 is 0 Å². The molecule has 0 bridgehead atoms. The van der Waals surface area contributed by atoms with Gasteiger partial charge in [-0.25, -0.2) is 11.0 Å². The molecule has 0 amide bonds. The molecule has 0 spiro atoms. The van der Waals surface area contributed by atoms with E-state index in [0.29, 0.717) is 5.56 Å². The zero-order valence-electron chi connectivity index (χ0n) is 9.45. The lowest BCUT2D eigenvalue weighted by atomic mass is 10.1. The fourth-order valence-electron chi connectivity index (χ4n) is 1.31. The number of rotatable bonds is 4. The summed E-state index contributed by atoms with van der Waals surface area (Å²) in [6, 6.07) is 4.38. The third kappa shape index (κ3) is 2.82. The lowest BCUT2D eigenvalue weighted by Gasteiger charge is -2.10. The first-order valence-electron chi connectivity index (χ1n) is 4.61. The summed E-state index contributed by atoms with van der Waals surface area (Å²) in [5, 5.41) is 15.6. The van der Waals surface area contributed by atoms with Gasteiger partial charge in [0.15, 0.2) is 5.84 Å². The van der Waals surface area contributed by atoms with Crippen LogP contribution >= 0.6 is 0 Å². The highest BCUT2D eigenvalue weighted by Gasteiger charge is 2.20. The first kappa shape index (κ1) is 12.7. The van der Waals surface area contributed by atoms with E-state index in [-0.39, 0.29) is 17.3 Å². The average Bonchev–Trinajstić information content (AvgIpc) is 2.26. The Labute approximate surface area is 97.6 Å². The van der Waals surface area contributed by atoms with Gasteiger partial charge in [-0.15, -0.1) is 5.10 Å². The summed E-state index contributed by atoms with van der Waals surface area (Å²) in [7, 11) is 2.81. The van der Waals surface area contributed by atoms with Gasteiger partial charge in [0.2, 0.25) is 5.75 Å². The van der Waals surface area contributed by atoms with E-state index in [1.54, 1.807) is 6.07 Å². The number of benzene rings is 1. The zero-order chi connectivity index (χ0) is 13.0. The van der Waals surface area contributed by atoms with Crippen LogP contribution in [0.4, 0.5) is 5.69 Å². The van der Waals surface area contributed by atoms with E-state index in [1.807, 2.05) is 0 Å². The molecule has 17 heavy (non-hydrogen) atoms. The van der Waals surface area contributed by atoms with Crippen LogP contribution in [0.3, 0.4) is 0 Å². The second-order valence-corrected chi connectivity index (χ2v) is 3.17. The standard InChI is InChI=1S/C9H13N5O3/c1-13(11)12-9(10)6-4-3-5-7(14(15)16)8(6)17-2/h3-5H,11H2,1-2H3,(H2,10,12). The molecule has 0 aliphatic heterocycles. The lowest BCUT2D eigenvalue weighted by molar-refractivity contribution is -0.385. The van der Waals surface area contributed by atoms with E-state index in [9.17, 15) is 10.1 Å². The molecular weight excluding hydrogens is 226 g/mol. The van der Waals surface area contributed by atoms with Gasteiger partial charge >= 0.3 is 5.69 Å². The Morgan fingerprint density at radius 3 is 2.71 bits per heavy atom. The number of nitrogens with two attached hydrogens (primary N) is 2. The number of amidine groups is 1. The molecule has 1 aromatic rings. The molecule has 0 heterocycles. The van der Waals surface area contributed by atoms with Gasteiger partial charge in [0.1, 0.15) is 0 Å². The molecule has 0 aliphatic carbocycles. The summed E-state index contributed by atoms with van der Waals surface area (Å²) in [5.74, 6) is 5.40. The highest BCUT2D eigenvalue weighted by atomic mass is 16.6. The van der Waals surface area contributed by atoms with Crippen molar-refractivity contribution in [3.8, 4) is 5.75 Å². The highest BCUT2D eigenvalue weighted by Crippen LogP contribution is 2.30. The Morgan fingerprint density at radius 1 is 1.59 bits per heavy atom. The van der Waals surface area contributed by atoms with Crippen LogP contribution in [-0.2, 0) is 0 Å². The van der Waals surface area contributed by atoms with E-state index in [2.05, 4.69) is 5.10 Å². The number of nitro benzene ring substituents is 1. The number of para-hydroxylation sites is 1. The molecule has 0 atom stereocenters. The molecule has 8 heteroatoms. The normalized spacial score (nSPS) is 11.1. The number of nitrogens with zero attached hydrogens (tertiary/aromatic N) is 3. The molecule has 0 radical (unpaired) electrons. The van der Waals surface area contributed by atoms with Gasteiger partial charge in [0.25, 0.3) is 0 Å². The van der Waals surface area contributed by atoms with Gasteiger partial charge in [0.05, 0.1) is 17.6 Å². The van der Waals surface area contributed by atoms with Crippen molar-refractivity contribution in [1.82, 2.24) is 5.12 Å². The summed E-state index contributed by atoms with van der Waals surface area (Å²) in [4.78, 5) is 10.2. The van der Waals surface area contributed by atoms with Gasteiger partial charge in [0, 0.05) is 13.1 Å². The second-order valence-electron chi connectivity index (χ2n) is 3.17. The van der Waals surface area contributed by atoms with Crippen LogP contribution in [0.1, 0.15) is 5.56 Å².